The molecule has 0 saturated heterocycles. The summed E-state index contributed by atoms with van der Waals surface area (Å²) in [4.78, 5) is 0. The monoisotopic (exact) mass is 231 g/mol. The summed E-state index contributed by atoms with van der Waals surface area (Å²) in [5.74, 6) is -0.132. The maximum Gasteiger partial charge on any atom is 0.444 e. The van der Waals surface area contributed by atoms with Crippen molar-refractivity contribution < 1.29 is 23.7 Å². The molecule has 1 aromatic rings. The van der Waals surface area contributed by atoms with Gasteiger partial charge in [0.1, 0.15) is 0 Å². The molecule has 0 saturated carbocycles. The first-order chi connectivity index (χ1) is 7.42. The molecule has 0 spiro atoms. The third-order valence-corrected chi connectivity index (χ3v) is 2.34. The van der Waals surface area contributed by atoms with E-state index in [1.165, 1.54) is 19.1 Å². The number of hydrogen-bond donors (Lipinski definition) is 3. The molecule has 0 amide bonds. The highest BCUT2D eigenvalue weighted by Gasteiger charge is 2.46. The maximum atomic E-state index is 13.1. The lowest BCUT2D eigenvalue weighted by atomic mass is 10.1. The zero-order valence-electron chi connectivity index (χ0n) is 8.45. The van der Waals surface area contributed by atoms with Crippen LogP contribution in [0.15, 0.2) is 18.2 Å². The van der Waals surface area contributed by atoms with Crippen LogP contribution in [0, 0.1) is 0 Å². The van der Waals surface area contributed by atoms with Crippen LogP contribution in [0.1, 0.15) is 18.6 Å². The largest absolute Gasteiger partial charge is 0.444 e. The van der Waals surface area contributed by atoms with Gasteiger partial charge in [-0.2, -0.15) is 8.78 Å². The fourth-order valence-corrected chi connectivity index (χ4v) is 1.53. The van der Waals surface area contributed by atoms with Gasteiger partial charge in [-0.1, -0.05) is 12.1 Å². The fourth-order valence-electron chi connectivity index (χ4n) is 1.53. The van der Waals surface area contributed by atoms with Crippen molar-refractivity contribution in [3.05, 3.63) is 23.8 Å². The quantitative estimate of drug-likeness (QED) is 0.684. The molecule has 1 unspecified atom stereocenters. The van der Waals surface area contributed by atoms with Crippen molar-refractivity contribution in [1.82, 2.24) is 0 Å². The standard InChI is InChI=1S/C10H11F2NO3/c1-5(14)6-3-2-4-7-8(6)16-10(11,12)9(15)13-7/h2-5,9,13-15H,1H3/t5-,9?/m0/s1. The lowest BCUT2D eigenvalue weighted by molar-refractivity contribution is -0.236. The zero-order valence-corrected chi connectivity index (χ0v) is 8.45. The number of anilines is 1. The lowest BCUT2D eigenvalue weighted by Crippen LogP contribution is -2.47. The Kier molecular flexibility index (Phi) is 2.47. The summed E-state index contributed by atoms with van der Waals surface area (Å²) in [5, 5.41) is 20.7. The number of halogens is 2. The second-order valence-corrected chi connectivity index (χ2v) is 3.61. The number of benzene rings is 1. The molecule has 2 atom stereocenters. The molecule has 1 aliphatic heterocycles. The van der Waals surface area contributed by atoms with Crippen LogP contribution in [0.3, 0.4) is 0 Å². The Morgan fingerprint density at radius 2 is 2.19 bits per heavy atom. The van der Waals surface area contributed by atoms with Crippen molar-refractivity contribution in [2.75, 3.05) is 5.32 Å². The molecule has 1 aliphatic rings. The number of nitrogens with one attached hydrogen (secondary N) is 1. The van der Waals surface area contributed by atoms with E-state index >= 15 is 0 Å². The van der Waals surface area contributed by atoms with E-state index in [0.29, 0.717) is 0 Å². The zero-order chi connectivity index (χ0) is 11.9. The molecule has 0 fully saturated rings. The van der Waals surface area contributed by atoms with E-state index in [9.17, 15) is 13.9 Å². The fraction of sp³-hybridized carbons (Fsp3) is 0.400. The molecular formula is C10H11F2NO3. The van der Waals surface area contributed by atoms with Crippen molar-refractivity contribution in [3.63, 3.8) is 0 Å². The second-order valence-electron chi connectivity index (χ2n) is 3.61. The molecule has 88 valence electrons. The van der Waals surface area contributed by atoms with Crippen LogP contribution in [0.2, 0.25) is 0 Å². The molecule has 4 nitrogen and oxygen atoms in total. The topological polar surface area (TPSA) is 61.7 Å². The Morgan fingerprint density at radius 1 is 1.50 bits per heavy atom. The molecule has 2 rings (SSSR count). The summed E-state index contributed by atoms with van der Waals surface area (Å²) < 4.78 is 30.6. The van der Waals surface area contributed by atoms with Crippen molar-refractivity contribution in [2.24, 2.45) is 0 Å². The van der Waals surface area contributed by atoms with E-state index < -0.39 is 18.4 Å². The van der Waals surface area contributed by atoms with Gasteiger partial charge >= 0.3 is 6.11 Å². The van der Waals surface area contributed by atoms with Crippen molar-refractivity contribution in [2.45, 2.75) is 25.4 Å². The minimum absolute atomic E-state index is 0.132. The van der Waals surface area contributed by atoms with Gasteiger partial charge in [-0.05, 0) is 13.0 Å². The first-order valence-electron chi connectivity index (χ1n) is 4.74. The third kappa shape index (κ3) is 1.70. The Hall–Kier alpha value is -1.40. The van der Waals surface area contributed by atoms with Crippen LogP contribution in [0.4, 0.5) is 14.5 Å². The number of aliphatic hydroxyl groups excluding tert-OH is 2. The molecule has 1 aromatic carbocycles. The Balaban J connectivity index is 2.48. The Morgan fingerprint density at radius 3 is 2.81 bits per heavy atom. The third-order valence-electron chi connectivity index (χ3n) is 2.34. The van der Waals surface area contributed by atoms with Crippen LogP contribution in [-0.2, 0) is 0 Å². The molecule has 6 heteroatoms. The average molecular weight is 231 g/mol. The van der Waals surface area contributed by atoms with Crippen LogP contribution < -0.4 is 10.1 Å². The molecule has 1 heterocycles. The Labute approximate surface area is 90.5 Å². The van der Waals surface area contributed by atoms with Gasteiger partial charge in [-0.3, -0.25) is 0 Å². The first-order valence-corrected chi connectivity index (χ1v) is 4.74. The Bertz CT molecular complexity index is 409. The van der Waals surface area contributed by atoms with Crippen molar-refractivity contribution >= 4 is 5.69 Å². The van der Waals surface area contributed by atoms with Gasteiger partial charge in [0.25, 0.3) is 0 Å². The molecule has 0 radical (unpaired) electrons. The van der Waals surface area contributed by atoms with Crippen molar-refractivity contribution in [1.29, 1.82) is 0 Å². The smallest absolute Gasteiger partial charge is 0.427 e. The summed E-state index contributed by atoms with van der Waals surface area (Å²) in [6.45, 7) is 1.45. The minimum atomic E-state index is -3.71. The molecule has 3 N–H and O–H groups in total. The van der Waals surface area contributed by atoms with E-state index in [1.807, 2.05) is 0 Å². The SMILES string of the molecule is C[C@H](O)c1cccc2c1OC(F)(F)C(O)N2. The highest BCUT2D eigenvalue weighted by atomic mass is 19.3. The summed E-state index contributed by atoms with van der Waals surface area (Å²) in [6.07, 6.45) is -6.73. The number of ether oxygens (including phenoxy) is 1. The van der Waals surface area contributed by atoms with Crippen LogP contribution in [0.5, 0.6) is 5.75 Å². The molecular weight excluding hydrogens is 220 g/mol. The van der Waals surface area contributed by atoms with E-state index in [1.54, 1.807) is 6.07 Å². The predicted molar refractivity (Wildman–Crippen MR) is 52.3 cm³/mol. The van der Waals surface area contributed by atoms with Crippen LogP contribution in [-0.4, -0.2) is 22.5 Å². The number of rotatable bonds is 1. The first kappa shape index (κ1) is 11.1. The summed E-state index contributed by atoms with van der Waals surface area (Å²) in [6, 6.07) is 4.55. The van der Waals surface area contributed by atoms with E-state index in [2.05, 4.69) is 10.1 Å². The molecule has 0 bridgehead atoms. The highest BCUT2D eigenvalue weighted by Crippen LogP contribution is 2.41. The number of aliphatic hydroxyl groups is 2. The molecule has 0 aliphatic carbocycles. The van der Waals surface area contributed by atoms with Gasteiger partial charge < -0.3 is 20.3 Å². The number of hydrogen-bond acceptors (Lipinski definition) is 4. The number of alkyl halides is 2. The van der Waals surface area contributed by atoms with E-state index in [-0.39, 0.29) is 17.0 Å². The van der Waals surface area contributed by atoms with Gasteiger partial charge in [0.05, 0.1) is 11.8 Å². The lowest BCUT2D eigenvalue weighted by Gasteiger charge is -2.32. The van der Waals surface area contributed by atoms with Gasteiger partial charge in [-0.25, -0.2) is 0 Å². The number of fused-ring (bicyclic) bond motifs is 1. The summed E-state index contributed by atoms with van der Waals surface area (Å²) in [5.41, 5.74) is 0.480. The number of para-hydroxylation sites is 1. The van der Waals surface area contributed by atoms with Gasteiger partial charge in [0.15, 0.2) is 5.75 Å². The molecule has 0 aromatic heterocycles. The van der Waals surface area contributed by atoms with Crippen LogP contribution >= 0.6 is 0 Å². The average Bonchev–Trinajstić information content (AvgIpc) is 2.18. The summed E-state index contributed by atoms with van der Waals surface area (Å²) in [7, 11) is 0. The van der Waals surface area contributed by atoms with Crippen LogP contribution in [0.25, 0.3) is 0 Å². The van der Waals surface area contributed by atoms with Gasteiger partial charge in [-0.15, -0.1) is 0 Å². The second kappa shape index (κ2) is 3.57. The van der Waals surface area contributed by atoms with Crippen molar-refractivity contribution in [3.8, 4) is 5.75 Å². The molecule has 16 heavy (non-hydrogen) atoms. The van der Waals surface area contributed by atoms with Gasteiger partial charge in [0, 0.05) is 5.56 Å². The van der Waals surface area contributed by atoms with E-state index in [0.717, 1.165) is 0 Å². The highest BCUT2D eigenvalue weighted by molar-refractivity contribution is 5.62. The normalized spacial score (nSPS) is 23.9. The predicted octanol–water partition coefficient (Wildman–Crippen LogP) is 1.46. The minimum Gasteiger partial charge on any atom is -0.427 e. The van der Waals surface area contributed by atoms with Gasteiger partial charge in [0.2, 0.25) is 6.23 Å². The van der Waals surface area contributed by atoms with E-state index in [4.69, 9.17) is 5.11 Å². The summed E-state index contributed by atoms with van der Waals surface area (Å²) >= 11 is 0. The maximum absolute atomic E-state index is 13.1.